The molecule has 0 atom stereocenters. The predicted octanol–water partition coefficient (Wildman–Crippen LogP) is 4.31. The highest BCUT2D eigenvalue weighted by Crippen LogP contribution is 2.29. The number of aromatic nitrogens is 2. The molecule has 2 N–H and O–H groups in total. The van der Waals surface area contributed by atoms with Gasteiger partial charge in [0.25, 0.3) is 0 Å². The molecule has 0 aliphatic rings. The molecule has 0 spiro atoms. The second-order valence-electron chi connectivity index (χ2n) is 5.08. The number of benzene rings is 1. The molecule has 1 aromatic heterocycles. The number of rotatable bonds is 6. The maximum absolute atomic E-state index is 6.19. The van der Waals surface area contributed by atoms with Crippen molar-refractivity contribution in [2.24, 2.45) is 0 Å². The molecule has 108 valence electrons. The highest BCUT2D eigenvalue weighted by atomic mass is 35.5. The van der Waals surface area contributed by atoms with Gasteiger partial charge in [0.15, 0.2) is 0 Å². The molecule has 2 rings (SSSR count). The summed E-state index contributed by atoms with van der Waals surface area (Å²) in [5.41, 5.74) is 1.86. The Hall–Kier alpha value is -1.03. The van der Waals surface area contributed by atoms with Crippen molar-refractivity contribution in [1.82, 2.24) is 15.3 Å². The molecule has 0 aliphatic heterocycles. The van der Waals surface area contributed by atoms with Gasteiger partial charge in [-0.3, -0.25) is 0 Å². The van der Waals surface area contributed by atoms with Gasteiger partial charge >= 0.3 is 0 Å². The van der Waals surface area contributed by atoms with E-state index in [-0.39, 0.29) is 0 Å². The molecule has 0 fully saturated rings. The summed E-state index contributed by atoms with van der Waals surface area (Å²) in [6.07, 6.45) is 3.80. The highest BCUT2D eigenvalue weighted by molar-refractivity contribution is 6.36. The minimum Gasteiger partial charge on any atom is -0.342 e. The van der Waals surface area contributed by atoms with Crippen molar-refractivity contribution in [3.63, 3.8) is 0 Å². The van der Waals surface area contributed by atoms with E-state index in [0.717, 1.165) is 36.5 Å². The van der Waals surface area contributed by atoms with E-state index < -0.39 is 0 Å². The van der Waals surface area contributed by atoms with Gasteiger partial charge < -0.3 is 10.3 Å². The van der Waals surface area contributed by atoms with Gasteiger partial charge in [-0.05, 0) is 31.2 Å². The van der Waals surface area contributed by atoms with Crippen LogP contribution in [0.4, 0.5) is 0 Å². The molecular formula is C15H19Cl2N3. The van der Waals surface area contributed by atoms with Crippen LogP contribution in [0.1, 0.15) is 26.1 Å². The zero-order chi connectivity index (χ0) is 14.5. The van der Waals surface area contributed by atoms with Crippen LogP contribution in [0.25, 0.3) is 11.3 Å². The Kier molecular flexibility index (Phi) is 5.46. The second kappa shape index (κ2) is 7.11. The van der Waals surface area contributed by atoms with Crippen molar-refractivity contribution in [2.75, 3.05) is 6.54 Å². The van der Waals surface area contributed by atoms with Crippen LogP contribution in [0.5, 0.6) is 0 Å². The Labute approximate surface area is 129 Å². The van der Waals surface area contributed by atoms with Gasteiger partial charge in [-0.15, -0.1) is 0 Å². The molecule has 3 nitrogen and oxygen atoms in total. The molecule has 1 aromatic carbocycles. The summed E-state index contributed by atoms with van der Waals surface area (Å²) in [5.74, 6) is 0.983. The monoisotopic (exact) mass is 311 g/mol. The first-order valence-corrected chi connectivity index (χ1v) is 7.54. The molecular weight excluding hydrogens is 293 g/mol. The predicted molar refractivity (Wildman–Crippen MR) is 85.5 cm³/mol. The fraction of sp³-hybridized carbons (Fsp3) is 0.400. The Morgan fingerprint density at radius 1 is 1.30 bits per heavy atom. The third kappa shape index (κ3) is 4.23. The SMILES string of the molecule is CC(C)NCCCc1ncc(-c2ccc(Cl)cc2Cl)[nH]1. The zero-order valence-corrected chi connectivity index (χ0v) is 13.2. The average Bonchev–Trinajstić information content (AvgIpc) is 2.83. The summed E-state index contributed by atoms with van der Waals surface area (Å²) in [5, 5.41) is 4.66. The van der Waals surface area contributed by atoms with Crippen molar-refractivity contribution >= 4 is 23.2 Å². The number of imidazole rings is 1. The van der Waals surface area contributed by atoms with Crippen molar-refractivity contribution in [3.05, 3.63) is 40.3 Å². The lowest BCUT2D eigenvalue weighted by molar-refractivity contribution is 0.567. The number of hydrogen-bond donors (Lipinski definition) is 2. The van der Waals surface area contributed by atoms with E-state index in [1.165, 1.54) is 0 Å². The molecule has 2 aromatic rings. The maximum Gasteiger partial charge on any atom is 0.106 e. The molecule has 0 unspecified atom stereocenters. The lowest BCUT2D eigenvalue weighted by Gasteiger charge is -2.06. The number of nitrogens with zero attached hydrogens (tertiary/aromatic N) is 1. The van der Waals surface area contributed by atoms with Crippen LogP contribution < -0.4 is 5.32 Å². The molecule has 1 heterocycles. The first-order valence-electron chi connectivity index (χ1n) is 6.79. The van der Waals surface area contributed by atoms with Gasteiger partial charge in [-0.25, -0.2) is 4.98 Å². The first kappa shape index (κ1) is 15.4. The van der Waals surface area contributed by atoms with Gasteiger partial charge in [0, 0.05) is 23.0 Å². The number of nitrogens with one attached hydrogen (secondary N) is 2. The van der Waals surface area contributed by atoms with E-state index in [9.17, 15) is 0 Å². The Balaban J connectivity index is 1.98. The molecule has 5 heteroatoms. The highest BCUT2D eigenvalue weighted by Gasteiger charge is 2.07. The lowest BCUT2D eigenvalue weighted by Crippen LogP contribution is -2.24. The van der Waals surface area contributed by atoms with Gasteiger partial charge in [0.1, 0.15) is 5.82 Å². The molecule has 0 amide bonds. The molecule has 0 saturated heterocycles. The van der Waals surface area contributed by atoms with Gasteiger partial charge in [-0.2, -0.15) is 0 Å². The fourth-order valence-corrected chi connectivity index (χ4v) is 2.49. The minimum absolute atomic E-state index is 0.523. The standard InChI is InChI=1S/C15H19Cl2N3/c1-10(2)18-7-3-4-15-19-9-14(20-15)12-6-5-11(16)8-13(12)17/h5-6,8-10,18H,3-4,7H2,1-2H3,(H,19,20). The van der Waals surface area contributed by atoms with Gasteiger partial charge in [0.05, 0.1) is 16.9 Å². The normalized spacial score (nSPS) is 11.2. The van der Waals surface area contributed by atoms with E-state index in [1.807, 2.05) is 18.3 Å². The van der Waals surface area contributed by atoms with Crippen LogP contribution in [0.3, 0.4) is 0 Å². The molecule has 0 aliphatic carbocycles. The van der Waals surface area contributed by atoms with Crippen molar-refractivity contribution < 1.29 is 0 Å². The van der Waals surface area contributed by atoms with Crippen LogP contribution in [-0.2, 0) is 6.42 Å². The van der Waals surface area contributed by atoms with Gasteiger partial charge in [0.2, 0.25) is 0 Å². The van der Waals surface area contributed by atoms with Crippen LogP contribution in [0.2, 0.25) is 10.0 Å². The Morgan fingerprint density at radius 3 is 2.80 bits per heavy atom. The van der Waals surface area contributed by atoms with E-state index in [0.29, 0.717) is 16.1 Å². The van der Waals surface area contributed by atoms with Crippen LogP contribution in [0, 0.1) is 0 Å². The third-order valence-electron chi connectivity index (χ3n) is 2.99. The Bertz CT molecular complexity index is 564. The smallest absolute Gasteiger partial charge is 0.106 e. The number of halogens is 2. The zero-order valence-electron chi connectivity index (χ0n) is 11.7. The minimum atomic E-state index is 0.523. The van der Waals surface area contributed by atoms with Gasteiger partial charge in [-0.1, -0.05) is 37.0 Å². The van der Waals surface area contributed by atoms with Crippen molar-refractivity contribution in [1.29, 1.82) is 0 Å². The summed E-state index contributed by atoms with van der Waals surface area (Å²) in [6.45, 7) is 5.29. The van der Waals surface area contributed by atoms with Crippen LogP contribution in [0.15, 0.2) is 24.4 Å². The molecule has 0 saturated carbocycles. The number of aromatic amines is 1. The molecule has 0 radical (unpaired) electrons. The summed E-state index contributed by atoms with van der Waals surface area (Å²) >= 11 is 12.1. The summed E-state index contributed by atoms with van der Waals surface area (Å²) in [7, 11) is 0. The third-order valence-corrected chi connectivity index (χ3v) is 3.54. The summed E-state index contributed by atoms with van der Waals surface area (Å²) in [4.78, 5) is 7.71. The fourth-order valence-electron chi connectivity index (χ4n) is 1.98. The van der Waals surface area contributed by atoms with E-state index in [4.69, 9.17) is 23.2 Å². The second-order valence-corrected chi connectivity index (χ2v) is 5.92. The quantitative estimate of drug-likeness (QED) is 0.780. The van der Waals surface area contributed by atoms with Crippen molar-refractivity contribution in [2.45, 2.75) is 32.7 Å². The summed E-state index contributed by atoms with van der Waals surface area (Å²) in [6, 6.07) is 6.00. The average molecular weight is 312 g/mol. The largest absolute Gasteiger partial charge is 0.342 e. The van der Waals surface area contributed by atoms with Crippen LogP contribution >= 0.6 is 23.2 Å². The molecule has 0 bridgehead atoms. The van der Waals surface area contributed by atoms with E-state index >= 15 is 0 Å². The van der Waals surface area contributed by atoms with E-state index in [1.54, 1.807) is 6.07 Å². The van der Waals surface area contributed by atoms with E-state index in [2.05, 4.69) is 29.1 Å². The van der Waals surface area contributed by atoms with Crippen LogP contribution in [-0.4, -0.2) is 22.6 Å². The summed E-state index contributed by atoms with van der Waals surface area (Å²) < 4.78 is 0. The number of aryl methyl sites for hydroxylation is 1. The van der Waals surface area contributed by atoms with Crippen molar-refractivity contribution in [3.8, 4) is 11.3 Å². The Morgan fingerprint density at radius 2 is 2.10 bits per heavy atom. The topological polar surface area (TPSA) is 40.7 Å². The molecule has 20 heavy (non-hydrogen) atoms. The number of H-pyrrole nitrogens is 1. The maximum atomic E-state index is 6.19. The first-order chi connectivity index (χ1) is 9.56. The lowest BCUT2D eigenvalue weighted by atomic mass is 10.2. The number of hydrogen-bond acceptors (Lipinski definition) is 2.